The highest BCUT2D eigenvalue weighted by Gasteiger charge is 2.21. The lowest BCUT2D eigenvalue weighted by Gasteiger charge is -2.18. The minimum absolute atomic E-state index is 0.145. The van der Waals surface area contributed by atoms with Crippen molar-refractivity contribution in [3.8, 4) is 16.5 Å². The summed E-state index contributed by atoms with van der Waals surface area (Å²) in [7, 11) is 1.30. The third-order valence-electron chi connectivity index (χ3n) is 4.19. The molecule has 0 saturated heterocycles. The Morgan fingerprint density at radius 2 is 2.16 bits per heavy atom. The summed E-state index contributed by atoms with van der Waals surface area (Å²) >= 11 is 7.33. The summed E-state index contributed by atoms with van der Waals surface area (Å²) in [5, 5.41) is 7.82. The number of hydrogen-bond donors (Lipinski definition) is 4. The largest absolute Gasteiger partial charge is 0.467 e. The minimum atomic E-state index is -0.718. The third kappa shape index (κ3) is 8.24. The summed E-state index contributed by atoms with van der Waals surface area (Å²) in [6.07, 6.45) is 2.40. The van der Waals surface area contributed by atoms with Crippen molar-refractivity contribution < 1.29 is 19.1 Å². The van der Waals surface area contributed by atoms with Crippen LogP contribution in [0.1, 0.15) is 6.42 Å². The predicted octanol–water partition coefficient (Wildman–Crippen LogP) is 2.27. The molecule has 2 rings (SSSR count). The van der Waals surface area contributed by atoms with Crippen molar-refractivity contribution in [2.75, 3.05) is 43.3 Å². The molecule has 170 valence electrons. The van der Waals surface area contributed by atoms with E-state index in [0.29, 0.717) is 30.2 Å². The van der Waals surface area contributed by atoms with Crippen molar-refractivity contribution in [2.24, 2.45) is 5.73 Å². The molecule has 0 fully saturated rings. The first kappa shape index (κ1) is 25.3. The average Bonchev–Trinajstić information content (AvgIpc) is 3.33. The molecule has 4 N–H and O–H groups in total. The van der Waals surface area contributed by atoms with E-state index < -0.39 is 17.9 Å². The van der Waals surface area contributed by atoms with E-state index >= 15 is 0 Å². The van der Waals surface area contributed by atoms with Crippen molar-refractivity contribution in [1.29, 1.82) is 0 Å². The maximum Gasteiger partial charge on any atom is 0.328 e. The Morgan fingerprint density at radius 1 is 1.35 bits per heavy atom. The van der Waals surface area contributed by atoms with E-state index in [1.165, 1.54) is 7.11 Å². The van der Waals surface area contributed by atoms with Gasteiger partial charge in [-0.05, 0) is 42.0 Å². The maximum absolute atomic E-state index is 12.4. The Labute approximate surface area is 196 Å². The number of thiophene rings is 1. The van der Waals surface area contributed by atoms with Crippen LogP contribution in [0.15, 0.2) is 29.6 Å². The molecule has 0 aliphatic carbocycles. The lowest BCUT2D eigenvalue weighted by atomic mass is 10.2. The van der Waals surface area contributed by atoms with Gasteiger partial charge in [0.2, 0.25) is 5.88 Å². The Bertz CT molecular complexity index is 836. The Balaban J connectivity index is 2.09. The number of amides is 1. The molecule has 2 heterocycles. The van der Waals surface area contributed by atoms with Crippen LogP contribution in [0.3, 0.4) is 0 Å². The number of ether oxygens (including phenoxy) is 2. The summed E-state index contributed by atoms with van der Waals surface area (Å²) in [6.45, 7) is 0.187. The van der Waals surface area contributed by atoms with Gasteiger partial charge >= 0.3 is 5.97 Å². The first-order valence-electron chi connectivity index (χ1n) is 9.62. The number of nitrogens with one attached hydrogen (secondary N) is 2. The summed E-state index contributed by atoms with van der Waals surface area (Å²) in [6, 6.07) is 6.76. The van der Waals surface area contributed by atoms with Gasteiger partial charge in [-0.15, -0.1) is 11.3 Å². The number of nitrogens with zero attached hydrogens (tertiary/aromatic N) is 1. The standard InChI is InChI=1S/C20H28N4O4S3/c1-27-20(26)16(7-9-30-2)23-18(25)11-28-19-15(22-10-13(21)12-29)6-5-14(24-19)17-4-3-8-31-17/h3-6,8,13,16,22,29H,7,9-12,21H2,1-2H3,(H,23,25). The summed E-state index contributed by atoms with van der Waals surface area (Å²) in [4.78, 5) is 29.9. The van der Waals surface area contributed by atoms with Crippen LogP contribution in [-0.2, 0) is 14.3 Å². The number of thioether (sulfide) groups is 1. The Morgan fingerprint density at radius 3 is 2.81 bits per heavy atom. The quantitative estimate of drug-likeness (QED) is 0.253. The van der Waals surface area contributed by atoms with Gasteiger partial charge in [-0.25, -0.2) is 9.78 Å². The number of pyridine rings is 1. The van der Waals surface area contributed by atoms with Crippen LogP contribution in [-0.4, -0.2) is 67.0 Å². The van der Waals surface area contributed by atoms with Crippen LogP contribution < -0.4 is 21.1 Å². The number of thiol groups is 1. The number of nitrogens with two attached hydrogens (primary N) is 1. The SMILES string of the molecule is COC(=O)C(CCSC)NC(=O)COc1nc(-c2cccs2)ccc1NCC(N)CS. The van der Waals surface area contributed by atoms with Gasteiger partial charge in [0.25, 0.3) is 5.91 Å². The molecule has 2 atom stereocenters. The number of esters is 1. The first-order valence-corrected chi connectivity index (χ1v) is 12.5. The lowest BCUT2D eigenvalue weighted by Crippen LogP contribution is -2.44. The van der Waals surface area contributed by atoms with E-state index in [1.54, 1.807) is 23.1 Å². The van der Waals surface area contributed by atoms with Crippen LogP contribution in [0.5, 0.6) is 5.88 Å². The molecular weight excluding hydrogens is 456 g/mol. The molecule has 1 amide bonds. The number of methoxy groups -OCH3 is 1. The summed E-state index contributed by atoms with van der Waals surface area (Å²) < 4.78 is 10.5. The highest BCUT2D eigenvalue weighted by Crippen LogP contribution is 2.29. The van der Waals surface area contributed by atoms with E-state index in [9.17, 15) is 9.59 Å². The average molecular weight is 485 g/mol. The zero-order valence-electron chi connectivity index (χ0n) is 17.5. The van der Waals surface area contributed by atoms with E-state index in [-0.39, 0.29) is 18.5 Å². The zero-order chi connectivity index (χ0) is 22.6. The third-order valence-corrected chi connectivity index (χ3v) is 6.20. The predicted molar refractivity (Wildman–Crippen MR) is 130 cm³/mol. The van der Waals surface area contributed by atoms with Gasteiger partial charge in [0, 0.05) is 18.3 Å². The molecule has 31 heavy (non-hydrogen) atoms. The number of hydrogen-bond acceptors (Lipinski definition) is 10. The van der Waals surface area contributed by atoms with Gasteiger partial charge < -0.3 is 25.8 Å². The molecule has 0 bridgehead atoms. The smallest absolute Gasteiger partial charge is 0.328 e. The van der Waals surface area contributed by atoms with Crippen LogP contribution in [0, 0.1) is 0 Å². The van der Waals surface area contributed by atoms with Crippen LogP contribution in [0.4, 0.5) is 5.69 Å². The van der Waals surface area contributed by atoms with Crippen LogP contribution in [0.2, 0.25) is 0 Å². The Hall–Kier alpha value is -1.95. The number of carbonyl (C=O) groups excluding carboxylic acids is 2. The summed E-state index contributed by atoms with van der Waals surface area (Å²) in [5.41, 5.74) is 7.29. The second-order valence-corrected chi connectivity index (χ2v) is 8.86. The monoisotopic (exact) mass is 484 g/mol. The molecule has 0 spiro atoms. The summed E-state index contributed by atoms with van der Waals surface area (Å²) in [5.74, 6) is 0.606. The molecule has 0 aliphatic rings. The maximum atomic E-state index is 12.4. The second-order valence-electron chi connectivity index (χ2n) is 6.56. The van der Waals surface area contributed by atoms with Crippen molar-refractivity contribution in [3.05, 3.63) is 29.6 Å². The van der Waals surface area contributed by atoms with Gasteiger partial charge in [0.15, 0.2) is 6.61 Å². The number of rotatable bonds is 13. The molecule has 0 radical (unpaired) electrons. The fraction of sp³-hybridized carbons (Fsp3) is 0.450. The fourth-order valence-corrected chi connectivity index (χ4v) is 3.84. The number of aromatic nitrogens is 1. The molecule has 11 heteroatoms. The lowest BCUT2D eigenvalue weighted by molar-refractivity contribution is -0.145. The van der Waals surface area contributed by atoms with Crippen molar-refractivity contribution in [2.45, 2.75) is 18.5 Å². The number of carbonyl (C=O) groups is 2. The normalized spacial score (nSPS) is 12.6. The van der Waals surface area contributed by atoms with Gasteiger partial charge in [-0.2, -0.15) is 24.4 Å². The minimum Gasteiger partial charge on any atom is -0.467 e. The van der Waals surface area contributed by atoms with Crippen LogP contribution >= 0.6 is 35.7 Å². The van der Waals surface area contributed by atoms with Crippen molar-refractivity contribution >= 4 is 53.3 Å². The fourth-order valence-electron chi connectivity index (χ4n) is 2.55. The van der Waals surface area contributed by atoms with Gasteiger partial charge in [0.1, 0.15) is 6.04 Å². The molecule has 0 aromatic carbocycles. The van der Waals surface area contributed by atoms with E-state index in [4.69, 9.17) is 15.2 Å². The van der Waals surface area contributed by atoms with Crippen molar-refractivity contribution in [3.63, 3.8) is 0 Å². The highest BCUT2D eigenvalue weighted by molar-refractivity contribution is 7.98. The topological polar surface area (TPSA) is 116 Å². The van der Waals surface area contributed by atoms with E-state index in [2.05, 4.69) is 28.2 Å². The van der Waals surface area contributed by atoms with E-state index in [1.807, 2.05) is 35.9 Å². The van der Waals surface area contributed by atoms with Crippen LogP contribution in [0.25, 0.3) is 10.6 Å². The van der Waals surface area contributed by atoms with Gasteiger partial charge in [-0.3, -0.25) is 4.79 Å². The molecule has 2 aromatic rings. The molecule has 2 aromatic heterocycles. The van der Waals surface area contributed by atoms with E-state index in [0.717, 1.165) is 10.6 Å². The first-order chi connectivity index (χ1) is 15.0. The van der Waals surface area contributed by atoms with Crippen molar-refractivity contribution in [1.82, 2.24) is 10.3 Å². The van der Waals surface area contributed by atoms with Gasteiger partial charge in [-0.1, -0.05) is 6.07 Å². The highest BCUT2D eigenvalue weighted by atomic mass is 32.2. The zero-order valence-corrected chi connectivity index (χ0v) is 20.0. The molecule has 0 aliphatic heterocycles. The molecule has 2 unspecified atom stereocenters. The Kier molecular flexibility index (Phi) is 11.0. The molecular formula is C20H28N4O4S3. The number of anilines is 1. The van der Waals surface area contributed by atoms with Gasteiger partial charge in [0.05, 0.1) is 23.4 Å². The molecule has 8 nitrogen and oxygen atoms in total. The molecule has 0 saturated carbocycles. The second kappa shape index (κ2) is 13.5.